The topological polar surface area (TPSA) is 65.1 Å². The maximum absolute atomic E-state index is 13.5. The highest BCUT2D eigenvalue weighted by molar-refractivity contribution is 6.02. The van der Waals surface area contributed by atoms with Crippen LogP contribution in [0.3, 0.4) is 0 Å². The summed E-state index contributed by atoms with van der Waals surface area (Å²) in [5.41, 5.74) is 0.775. The molecule has 1 heterocycles. The van der Waals surface area contributed by atoms with Gasteiger partial charge in [0.2, 0.25) is 0 Å². The molecule has 0 aliphatic carbocycles. The zero-order chi connectivity index (χ0) is 23.7. The number of para-hydroxylation sites is 3. The zero-order valence-corrected chi connectivity index (χ0v) is 20.0. The van der Waals surface area contributed by atoms with Gasteiger partial charge in [0.15, 0.2) is 5.60 Å². The summed E-state index contributed by atoms with van der Waals surface area (Å²) in [6, 6.07) is 15.4. The van der Waals surface area contributed by atoms with Crippen molar-refractivity contribution in [3.63, 3.8) is 0 Å². The van der Waals surface area contributed by atoms with Crippen molar-refractivity contribution in [2.45, 2.75) is 64.4 Å². The number of carbonyl (C=O) groups is 2. The number of nitrogens with zero attached hydrogens (tertiary/aromatic N) is 1. The Balaban J connectivity index is 1.67. The predicted octanol–water partition coefficient (Wildman–Crippen LogP) is 5.33. The van der Waals surface area contributed by atoms with Crippen molar-refractivity contribution in [2.24, 2.45) is 0 Å². The minimum absolute atomic E-state index is 0.0275. The number of hydrogen-bond acceptors (Lipinski definition) is 5. The molecule has 0 spiro atoms. The number of ether oxygens (including phenoxy) is 3. The number of anilines is 1. The monoisotopic (exact) mass is 453 g/mol. The molecule has 0 fully saturated rings. The van der Waals surface area contributed by atoms with E-state index in [1.54, 1.807) is 0 Å². The fraction of sp³-hybridized carbons (Fsp3) is 0.481. The van der Waals surface area contributed by atoms with Crippen molar-refractivity contribution in [3.8, 4) is 11.5 Å². The second-order valence-corrected chi connectivity index (χ2v) is 8.60. The molecule has 178 valence electrons. The van der Waals surface area contributed by atoms with Gasteiger partial charge in [-0.2, -0.15) is 0 Å². The number of benzene rings is 2. The standard InChI is InChI=1S/C27H35NO5/c1-4-5-6-11-19-28-22-13-8-10-15-24(22)33-27(2,26(28)30)18-20-32-23-14-9-7-12-21(23)16-17-25(29)31-3/h7-10,12-15H,4-6,11,16-20H2,1-3H3. The zero-order valence-electron chi connectivity index (χ0n) is 20.0. The molecule has 33 heavy (non-hydrogen) atoms. The van der Waals surface area contributed by atoms with Gasteiger partial charge in [-0.3, -0.25) is 9.59 Å². The summed E-state index contributed by atoms with van der Waals surface area (Å²) in [6.45, 7) is 5.03. The Bertz CT molecular complexity index is 944. The first-order valence-electron chi connectivity index (χ1n) is 11.9. The number of carbonyl (C=O) groups excluding carboxylic acids is 2. The molecule has 1 atom stereocenters. The Labute approximate surface area is 196 Å². The van der Waals surface area contributed by atoms with Crippen molar-refractivity contribution in [1.82, 2.24) is 0 Å². The Morgan fingerprint density at radius 2 is 1.82 bits per heavy atom. The van der Waals surface area contributed by atoms with Crippen LogP contribution in [0.2, 0.25) is 0 Å². The minimum atomic E-state index is -1.000. The molecule has 0 bridgehead atoms. The Morgan fingerprint density at radius 3 is 2.61 bits per heavy atom. The van der Waals surface area contributed by atoms with Crippen LogP contribution in [0.15, 0.2) is 48.5 Å². The summed E-state index contributed by atoms with van der Waals surface area (Å²) < 4.78 is 17.0. The molecule has 0 radical (unpaired) electrons. The maximum Gasteiger partial charge on any atom is 0.305 e. The third-order valence-corrected chi connectivity index (χ3v) is 6.06. The van der Waals surface area contributed by atoms with E-state index in [0.717, 1.165) is 36.3 Å². The molecule has 6 nitrogen and oxygen atoms in total. The van der Waals surface area contributed by atoms with E-state index in [2.05, 4.69) is 6.92 Å². The van der Waals surface area contributed by atoms with Gasteiger partial charge >= 0.3 is 5.97 Å². The molecule has 0 N–H and O–H groups in total. The molecule has 2 aromatic rings. The first-order valence-corrected chi connectivity index (χ1v) is 11.9. The fourth-order valence-electron chi connectivity index (χ4n) is 4.07. The Morgan fingerprint density at radius 1 is 1.06 bits per heavy atom. The average Bonchev–Trinajstić information content (AvgIpc) is 2.83. The first-order chi connectivity index (χ1) is 16.0. The molecular formula is C27H35NO5. The molecule has 6 heteroatoms. The van der Waals surface area contributed by atoms with Crippen LogP contribution in [0.1, 0.15) is 57.9 Å². The number of amides is 1. The van der Waals surface area contributed by atoms with Crippen LogP contribution in [0.4, 0.5) is 5.69 Å². The second-order valence-electron chi connectivity index (χ2n) is 8.60. The molecule has 2 aromatic carbocycles. The molecule has 0 saturated carbocycles. The molecule has 1 aliphatic heterocycles. The smallest absolute Gasteiger partial charge is 0.305 e. The third kappa shape index (κ3) is 6.28. The second kappa shape index (κ2) is 11.7. The Hall–Kier alpha value is -3.02. The summed E-state index contributed by atoms with van der Waals surface area (Å²) in [5, 5.41) is 0. The first kappa shape index (κ1) is 24.6. The van der Waals surface area contributed by atoms with Crippen LogP contribution >= 0.6 is 0 Å². The van der Waals surface area contributed by atoms with Crippen LogP contribution < -0.4 is 14.4 Å². The highest BCUT2D eigenvalue weighted by atomic mass is 16.5. The molecule has 0 saturated heterocycles. The number of fused-ring (bicyclic) bond motifs is 1. The number of hydrogen-bond donors (Lipinski definition) is 0. The normalized spacial score (nSPS) is 17.3. The molecule has 3 rings (SSSR count). The number of methoxy groups -OCH3 is 1. The van der Waals surface area contributed by atoms with E-state index in [4.69, 9.17) is 14.2 Å². The van der Waals surface area contributed by atoms with E-state index in [9.17, 15) is 9.59 Å². The van der Waals surface area contributed by atoms with E-state index < -0.39 is 5.60 Å². The van der Waals surface area contributed by atoms with Crippen molar-refractivity contribution in [1.29, 1.82) is 0 Å². The van der Waals surface area contributed by atoms with Gasteiger partial charge in [0.25, 0.3) is 5.91 Å². The molecule has 0 aromatic heterocycles. The average molecular weight is 454 g/mol. The van der Waals surface area contributed by atoms with Crippen LogP contribution in [0, 0.1) is 0 Å². The highest BCUT2D eigenvalue weighted by Crippen LogP contribution is 2.39. The summed E-state index contributed by atoms with van der Waals surface area (Å²) in [5.74, 6) is 1.16. The van der Waals surface area contributed by atoms with Crippen LogP contribution in [0.5, 0.6) is 11.5 Å². The van der Waals surface area contributed by atoms with E-state index in [1.165, 1.54) is 13.5 Å². The van der Waals surface area contributed by atoms with Crippen LogP contribution in [-0.4, -0.2) is 37.7 Å². The quantitative estimate of drug-likeness (QED) is 0.321. The molecular weight excluding hydrogens is 418 g/mol. The molecule has 1 aliphatic rings. The lowest BCUT2D eigenvalue weighted by atomic mass is 9.97. The van der Waals surface area contributed by atoms with Gasteiger partial charge in [-0.1, -0.05) is 56.5 Å². The predicted molar refractivity (Wildman–Crippen MR) is 129 cm³/mol. The largest absolute Gasteiger partial charge is 0.493 e. The third-order valence-electron chi connectivity index (χ3n) is 6.06. The van der Waals surface area contributed by atoms with Gasteiger partial charge in [-0.15, -0.1) is 0 Å². The lowest BCUT2D eigenvalue weighted by Gasteiger charge is -2.40. The summed E-state index contributed by atoms with van der Waals surface area (Å²) in [7, 11) is 1.39. The van der Waals surface area contributed by atoms with Gasteiger partial charge in [0.1, 0.15) is 11.5 Å². The molecule has 1 amide bonds. The van der Waals surface area contributed by atoms with E-state index in [-0.39, 0.29) is 11.9 Å². The van der Waals surface area contributed by atoms with Crippen molar-refractivity contribution in [2.75, 3.05) is 25.2 Å². The number of unbranched alkanes of at least 4 members (excludes halogenated alkanes) is 3. The maximum atomic E-state index is 13.5. The van der Waals surface area contributed by atoms with Gasteiger partial charge < -0.3 is 19.1 Å². The minimum Gasteiger partial charge on any atom is -0.493 e. The summed E-state index contributed by atoms with van der Waals surface area (Å²) in [6.07, 6.45) is 5.63. The van der Waals surface area contributed by atoms with E-state index in [0.29, 0.717) is 38.2 Å². The number of aryl methyl sites for hydroxylation is 1. The van der Waals surface area contributed by atoms with Crippen molar-refractivity contribution < 1.29 is 23.8 Å². The van der Waals surface area contributed by atoms with Crippen molar-refractivity contribution >= 4 is 17.6 Å². The van der Waals surface area contributed by atoms with Gasteiger partial charge in [-0.25, -0.2) is 0 Å². The van der Waals surface area contributed by atoms with Crippen molar-refractivity contribution in [3.05, 3.63) is 54.1 Å². The van der Waals surface area contributed by atoms with E-state index in [1.807, 2.05) is 60.4 Å². The Kier molecular flexibility index (Phi) is 8.75. The fourth-order valence-corrected chi connectivity index (χ4v) is 4.07. The van der Waals surface area contributed by atoms with Gasteiger partial charge in [0, 0.05) is 19.4 Å². The van der Waals surface area contributed by atoms with Gasteiger partial charge in [-0.05, 0) is 43.5 Å². The van der Waals surface area contributed by atoms with Crippen LogP contribution in [0.25, 0.3) is 0 Å². The molecule has 1 unspecified atom stereocenters. The van der Waals surface area contributed by atoms with E-state index >= 15 is 0 Å². The summed E-state index contributed by atoms with van der Waals surface area (Å²) in [4.78, 5) is 26.9. The SMILES string of the molecule is CCCCCCN1C(=O)C(C)(CCOc2ccccc2CCC(=O)OC)Oc2ccccc21. The lowest BCUT2D eigenvalue weighted by molar-refractivity contribution is -0.140. The number of esters is 1. The summed E-state index contributed by atoms with van der Waals surface area (Å²) >= 11 is 0. The number of rotatable bonds is 12. The lowest BCUT2D eigenvalue weighted by Crippen LogP contribution is -2.55. The highest BCUT2D eigenvalue weighted by Gasteiger charge is 2.44. The van der Waals surface area contributed by atoms with Gasteiger partial charge in [0.05, 0.1) is 19.4 Å². The van der Waals surface area contributed by atoms with Crippen LogP contribution in [-0.2, 0) is 20.7 Å².